The van der Waals surface area contributed by atoms with E-state index in [9.17, 15) is 9.18 Å². The molecule has 5 nitrogen and oxygen atoms in total. The van der Waals surface area contributed by atoms with Gasteiger partial charge in [-0.2, -0.15) is 5.26 Å². The molecule has 6 heteroatoms. The third-order valence-electron chi connectivity index (χ3n) is 2.72. The van der Waals surface area contributed by atoms with Gasteiger partial charge in [0, 0.05) is 17.3 Å². The van der Waals surface area contributed by atoms with Crippen LogP contribution in [0.1, 0.15) is 21.6 Å². The molecule has 1 aromatic heterocycles. The number of aromatic nitrogens is 1. The van der Waals surface area contributed by atoms with Crippen molar-refractivity contribution in [1.29, 1.82) is 5.26 Å². The minimum Gasteiger partial charge on any atom is -0.335 e. The van der Waals surface area contributed by atoms with Crippen LogP contribution in [0, 0.1) is 17.1 Å². The van der Waals surface area contributed by atoms with Crippen LogP contribution in [-0.4, -0.2) is 10.5 Å². The van der Waals surface area contributed by atoms with Crippen molar-refractivity contribution in [2.45, 2.75) is 6.54 Å². The van der Waals surface area contributed by atoms with Gasteiger partial charge >= 0.3 is 0 Å². The van der Waals surface area contributed by atoms with Crippen LogP contribution in [0.2, 0.25) is 0 Å². The highest BCUT2D eigenvalue weighted by Gasteiger charge is 2.10. The first kappa shape index (κ1) is 12.8. The SMILES string of the molecule is N#Cc1cccn1Cc1cc(C(=O)NN)ccc1F. The lowest BCUT2D eigenvalue weighted by molar-refractivity contribution is 0.0953. The summed E-state index contributed by atoms with van der Waals surface area (Å²) in [5.74, 6) is 4.10. The predicted molar refractivity (Wildman–Crippen MR) is 66.3 cm³/mol. The van der Waals surface area contributed by atoms with Crippen molar-refractivity contribution in [1.82, 2.24) is 9.99 Å². The van der Waals surface area contributed by atoms with Crippen LogP contribution in [0.25, 0.3) is 0 Å². The molecule has 1 amide bonds. The van der Waals surface area contributed by atoms with E-state index in [2.05, 4.69) is 0 Å². The predicted octanol–water partition coefficient (Wildman–Crippen LogP) is 1.15. The number of hydrogen-bond acceptors (Lipinski definition) is 3. The van der Waals surface area contributed by atoms with E-state index in [1.165, 1.54) is 18.2 Å². The van der Waals surface area contributed by atoms with Gasteiger partial charge in [-0.05, 0) is 30.3 Å². The third-order valence-corrected chi connectivity index (χ3v) is 2.72. The van der Waals surface area contributed by atoms with E-state index in [4.69, 9.17) is 11.1 Å². The molecule has 0 aliphatic rings. The Kier molecular flexibility index (Phi) is 3.59. The number of nitriles is 1. The topological polar surface area (TPSA) is 83.8 Å². The number of amides is 1. The lowest BCUT2D eigenvalue weighted by Crippen LogP contribution is -2.30. The summed E-state index contributed by atoms with van der Waals surface area (Å²) in [6.07, 6.45) is 1.67. The number of nitrogens with one attached hydrogen (secondary N) is 1. The fraction of sp³-hybridized carbons (Fsp3) is 0.0769. The molecular formula is C13H11FN4O. The molecule has 0 bridgehead atoms. The maximum Gasteiger partial charge on any atom is 0.265 e. The standard InChI is InChI=1S/C13H11FN4O/c14-12-4-3-9(13(19)17-16)6-10(12)8-18-5-1-2-11(18)7-15/h1-6H,8,16H2,(H,17,19). The van der Waals surface area contributed by atoms with Gasteiger partial charge in [0.25, 0.3) is 5.91 Å². The van der Waals surface area contributed by atoms with Gasteiger partial charge in [0.05, 0.1) is 6.54 Å². The number of benzene rings is 1. The number of hydrogen-bond donors (Lipinski definition) is 2. The van der Waals surface area contributed by atoms with Gasteiger partial charge < -0.3 is 4.57 Å². The zero-order valence-corrected chi connectivity index (χ0v) is 9.93. The average molecular weight is 258 g/mol. The van der Waals surface area contributed by atoms with Crippen molar-refractivity contribution in [3.05, 3.63) is 59.2 Å². The van der Waals surface area contributed by atoms with Crippen molar-refractivity contribution in [2.24, 2.45) is 5.84 Å². The summed E-state index contributed by atoms with van der Waals surface area (Å²) < 4.78 is 15.3. The molecule has 96 valence electrons. The monoisotopic (exact) mass is 258 g/mol. The molecule has 0 aliphatic carbocycles. The van der Waals surface area contributed by atoms with Crippen molar-refractivity contribution in [3.63, 3.8) is 0 Å². The molecule has 0 saturated heterocycles. The summed E-state index contributed by atoms with van der Waals surface area (Å²) in [5, 5.41) is 8.89. The quantitative estimate of drug-likeness (QED) is 0.492. The van der Waals surface area contributed by atoms with Gasteiger partial charge in [-0.25, -0.2) is 10.2 Å². The number of halogens is 1. The highest BCUT2D eigenvalue weighted by atomic mass is 19.1. The van der Waals surface area contributed by atoms with Crippen LogP contribution in [0.4, 0.5) is 4.39 Å². The Balaban J connectivity index is 2.35. The van der Waals surface area contributed by atoms with Crippen LogP contribution < -0.4 is 11.3 Å². The molecule has 0 atom stereocenters. The zero-order valence-electron chi connectivity index (χ0n) is 9.93. The molecule has 0 saturated carbocycles. The van der Waals surface area contributed by atoms with Gasteiger partial charge in [-0.1, -0.05) is 0 Å². The lowest BCUT2D eigenvalue weighted by atomic mass is 10.1. The van der Waals surface area contributed by atoms with E-state index < -0.39 is 11.7 Å². The highest BCUT2D eigenvalue weighted by Crippen LogP contribution is 2.14. The van der Waals surface area contributed by atoms with E-state index >= 15 is 0 Å². The number of hydrazine groups is 1. The Bertz CT molecular complexity index is 657. The molecule has 0 spiro atoms. The molecule has 3 N–H and O–H groups in total. The first-order valence-corrected chi connectivity index (χ1v) is 5.50. The van der Waals surface area contributed by atoms with Gasteiger partial charge in [-0.3, -0.25) is 10.2 Å². The van der Waals surface area contributed by atoms with Crippen molar-refractivity contribution in [2.75, 3.05) is 0 Å². The van der Waals surface area contributed by atoms with Crippen LogP contribution >= 0.6 is 0 Å². The lowest BCUT2D eigenvalue weighted by Gasteiger charge is -2.08. The molecule has 0 fully saturated rings. The van der Waals surface area contributed by atoms with Crippen LogP contribution in [0.3, 0.4) is 0 Å². The summed E-state index contributed by atoms with van der Waals surface area (Å²) in [4.78, 5) is 11.4. The Morgan fingerprint density at radius 1 is 1.47 bits per heavy atom. The first-order valence-electron chi connectivity index (χ1n) is 5.50. The minimum absolute atomic E-state index is 0.174. The van der Waals surface area contributed by atoms with E-state index in [0.29, 0.717) is 11.3 Å². The number of carbonyl (C=O) groups is 1. The highest BCUT2D eigenvalue weighted by molar-refractivity contribution is 5.93. The Hall–Kier alpha value is -2.65. The number of nitrogen functional groups attached to an aromatic ring is 1. The van der Waals surface area contributed by atoms with Crippen LogP contribution in [0.5, 0.6) is 0 Å². The largest absolute Gasteiger partial charge is 0.335 e. The molecule has 0 aliphatic heterocycles. The molecule has 2 aromatic rings. The van der Waals surface area contributed by atoms with E-state index in [-0.39, 0.29) is 12.1 Å². The number of nitrogens with zero attached hydrogens (tertiary/aromatic N) is 2. The summed E-state index contributed by atoms with van der Waals surface area (Å²) in [5.41, 5.74) is 2.99. The normalized spacial score (nSPS) is 9.95. The smallest absolute Gasteiger partial charge is 0.265 e. The molecular weight excluding hydrogens is 247 g/mol. The summed E-state index contributed by atoms with van der Waals surface area (Å²) in [6.45, 7) is 0.174. The number of rotatable bonds is 3. The van der Waals surface area contributed by atoms with Crippen molar-refractivity contribution in [3.8, 4) is 6.07 Å². The molecule has 0 unspecified atom stereocenters. The summed E-state index contributed by atoms with van der Waals surface area (Å²) in [6, 6.07) is 9.31. The molecule has 1 heterocycles. The minimum atomic E-state index is -0.491. The second-order valence-electron chi connectivity index (χ2n) is 3.91. The maximum absolute atomic E-state index is 13.7. The van der Waals surface area contributed by atoms with Gasteiger partial charge in [0.15, 0.2) is 0 Å². The van der Waals surface area contributed by atoms with E-state index in [1.54, 1.807) is 22.9 Å². The summed E-state index contributed by atoms with van der Waals surface area (Å²) in [7, 11) is 0. The second-order valence-corrected chi connectivity index (χ2v) is 3.91. The Labute approximate surface area is 109 Å². The van der Waals surface area contributed by atoms with Gasteiger partial charge in [0.2, 0.25) is 0 Å². The Morgan fingerprint density at radius 3 is 2.95 bits per heavy atom. The first-order chi connectivity index (χ1) is 9.15. The second kappa shape index (κ2) is 5.33. The summed E-state index contributed by atoms with van der Waals surface area (Å²) >= 11 is 0. The molecule has 1 aromatic carbocycles. The molecule has 19 heavy (non-hydrogen) atoms. The fourth-order valence-electron chi connectivity index (χ4n) is 1.76. The van der Waals surface area contributed by atoms with Crippen LogP contribution in [-0.2, 0) is 6.54 Å². The number of carbonyl (C=O) groups excluding carboxylic acids is 1. The molecule has 0 radical (unpaired) electrons. The third kappa shape index (κ3) is 2.61. The van der Waals surface area contributed by atoms with Crippen LogP contribution in [0.15, 0.2) is 36.5 Å². The number of nitrogens with two attached hydrogens (primary N) is 1. The average Bonchev–Trinajstić information content (AvgIpc) is 2.87. The van der Waals surface area contributed by atoms with Gasteiger partial charge in [-0.15, -0.1) is 0 Å². The van der Waals surface area contributed by atoms with Crippen molar-refractivity contribution < 1.29 is 9.18 Å². The van der Waals surface area contributed by atoms with Gasteiger partial charge in [0.1, 0.15) is 17.6 Å². The molecule has 2 rings (SSSR count). The van der Waals surface area contributed by atoms with Crippen molar-refractivity contribution >= 4 is 5.91 Å². The zero-order chi connectivity index (χ0) is 13.8. The maximum atomic E-state index is 13.7. The van der Waals surface area contributed by atoms with E-state index in [0.717, 1.165) is 0 Å². The van der Waals surface area contributed by atoms with E-state index in [1.807, 2.05) is 11.5 Å². The fourth-order valence-corrected chi connectivity index (χ4v) is 1.76. The Morgan fingerprint density at radius 2 is 2.26 bits per heavy atom.